The molecule has 1 saturated carbocycles. The number of Topliss-reactive ketones (excluding diaryl/α,β-unsaturated/α-hetero) is 1. The Morgan fingerprint density at radius 3 is 2.60 bits per heavy atom. The van der Waals surface area contributed by atoms with Gasteiger partial charge in [-0.25, -0.2) is 0 Å². The van der Waals surface area contributed by atoms with Crippen LogP contribution in [0.3, 0.4) is 0 Å². The summed E-state index contributed by atoms with van der Waals surface area (Å²) in [6, 6.07) is 5.37. The summed E-state index contributed by atoms with van der Waals surface area (Å²) < 4.78 is 6.09. The number of ether oxygens (including phenoxy) is 1. The fraction of sp³-hybridized carbons (Fsp3) is 0.588. The summed E-state index contributed by atoms with van der Waals surface area (Å²) in [5.74, 6) is 1.43. The fourth-order valence-electron chi connectivity index (χ4n) is 3.48. The van der Waals surface area contributed by atoms with Gasteiger partial charge in [-0.3, -0.25) is 4.79 Å². The Hall–Kier alpha value is -1.51. The first-order chi connectivity index (χ1) is 9.27. The molecule has 3 nitrogen and oxygen atoms in total. The van der Waals surface area contributed by atoms with Crippen molar-refractivity contribution in [3.63, 3.8) is 0 Å². The Morgan fingerprint density at radius 1 is 1.35 bits per heavy atom. The van der Waals surface area contributed by atoms with E-state index in [0.29, 0.717) is 22.6 Å². The van der Waals surface area contributed by atoms with E-state index in [4.69, 9.17) is 10.5 Å². The highest BCUT2D eigenvalue weighted by atomic mass is 16.5. The summed E-state index contributed by atoms with van der Waals surface area (Å²) in [6.45, 7) is 8.40. The Balaban J connectivity index is 2.10. The molecular weight excluding hydrogens is 250 g/mol. The molecule has 0 heterocycles. The van der Waals surface area contributed by atoms with Crippen LogP contribution < -0.4 is 10.5 Å². The summed E-state index contributed by atoms with van der Waals surface area (Å²) in [7, 11) is 0. The first kappa shape index (κ1) is 14.9. The van der Waals surface area contributed by atoms with Gasteiger partial charge in [-0.1, -0.05) is 20.8 Å². The smallest absolute Gasteiger partial charge is 0.161 e. The second-order valence-corrected chi connectivity index (χ2v) is 6.96. The van der Waals surface area contributed by atoms with Crippen LogP contribution in [0.15, 0.2) is 18.2 Å². The van der Waals surface area contributed by atoms with Gasteiger partial charge in [0, 0.05) is 17.3 Å². The minimum atomic E-state index is -0.0125. The molecular formula is C17H25NO2. The maximum Gasteiger partial charge on any atom is 0.161 e. The van der Waals surface area contributed by atoms with Gasteiger partial charge in [0.2, 0.25) is 0 Å². The van der Waals surface area contributed by atoms with E-state index in [9.17, 15) is 4.79 Å². The van der Waals surface area contributed by atoms with Crippen molar-refractivity contribution in [3.8, 4) is 5.75 Å². The Morgan fingerprint density at radius 2 is 2.05 bits per heavy atom. The van der Waals surface area contributed by atoms with Crippen molar-refractivity contribution in [3.05, 3.63) is 23.8 Å². The average Bonchev–Trinajstić information content (AvgIpc) is 2.25. The molecule has 1 aromatic rings. The van der Waals surface area contributed by atoms with Crippen LogP contribution in [0.2, 0.25) is 0 Å². The highest BCUT2D eigenvalue weighted by Gasteiger charge is 2.33. The number of hydrogen-bond acceptors (Lipinski definition) is 3. The molecule has 1 aliphatic carbocycles. The molecule has 1 aliphatic rings. The number of anilines is 1. The molecule has 0 amide bonds. The lowest BCUT2D eigenvalue weighted by Crippen LogP contribution is -2.34. The van der Waals surface area contributed by atoms with E-state index >= 15 is 0 Å². The van der Waals surface area contributed by atoms with Crippen molar-refractivity contribution in [1.82, 2.24) is 0 Å². The second-order valence-electron chi connectivity index (χ2n) is 6.96. The van der Waals surface area contributed by atoms with Gasteiger partial charge < -0.3 is 10.5 Å². The van der Waals surface area contributed by atoms with E-state index < -0.39 is 0 Å². The SMILES string of the molecule is CC(=O)c1ccc(OC2CC(C)CC(C)(C)C2)cc1N. The molecule has 20 heavy (non-hydrogen) atoms. The van der Waals surface area contributed by atoms with Crippen LogP contribution in [0, 0.1) is 11.3 Å². The lowest BCUT2D eigenvalue weighted by atomic mass is 9.71. The minimum Gasteiger partial charge on any atom is -0.490 e. The lowest BCUT2D eigenvalue weighted by Gasteiger charge is -2.38. The topological polar surface area (TPSA) is 52.3 Å². The Bertz CT molecular complexity index is 508. The van der Waals surface area contributed by atoms with Crippen molar-refractivity contribution in [2.45, 2.75) is 53.1 Å². The van der Waals surface area contributed by atoms with Gasteiger partial charge in [-0.15, -0.1) is 0 Å². The molecule has 0 bridgehead atoms. The van der Waals surface area contributed by atoms with Gasteiger partial charge in [0.15, 0.2) is 5.78 Å². The molecule has 0 radical (unpaired) electrons. The van der Waals surface area contributed by atoms with Crippen LogP contribution in [0.1, 0.15) is 57.3 Å². The predicted molar refractivity (Wildman–Crippen MR) is 82.1 cm³/mol. The van der Waals surface area contributed by atoms with Crippen LogP contribution in [0.5, 0.6) is 5.75 Å². The molecule has 0 saturated heterocycles. The molecule has 1 fully saturated rings. The van der Waals surface area contributed by atoms with Gasteiger partial charge in [0.25, 0.3) is 0 Å². The first-order valence-corrected chi connectivity index (χ1v) is 7.34. The van der Waals surface area contributed by atoms with Crippen LogP contribution in [-0.2, 0) is 0 Å². The highest BCUT2D eigenvalue weighted by Crippen LogP contribution is 2.40. The zero-order chi connectivity index (χ0) is 14.9. The van der Waals surface area contributed by atoms with E-state index in [0.717, 1.165) is 18.6 Å². The number of hydrogen-bond donors (Lipinski definition) is 1. The third kappa shape index (κ3) is 3.53. The summed E-state index contributed by atoms with van der Waals surface area (Å²) in [4.78, 5) is 11.4. The Labute approximate surface area is 121 Å². The quantitative estimate of drug-likeness (QED) is 0.668. The maximum absolute atomic E-state index is 11.4. The fourth-order valence-corrected chi connectivity index (χ4v) is 3.48. The number of rotatable bonds is 3. The molecule has 3 heteroatoms. The second kappa shape index (κ2) is 5.47. The largest absolute Gasteiger partial charge is 0.490 e. The van der Waals surface area contributed by atoms with Crippen LogP contribution >= 0.6 is 0 Å². The minimum absolute atomic E-state index is 0.0125. The normalized spacial score (nSPS) is 25.2. The zero-order valence-electron chi connectivity index (χ0n) is 12.9. The molecule has 2 N–H and O–H groups in total. The summed E-state index contributed by atoms with van der Waals surface area (Å²) in [5, 5.41) is 0. The van der Waals surface area contributed by atoms with Gasteiger partial charge >= 0.3 is 0 Å². The highest BCUT2D eigenvalue weighted by molar-refractivity contribution is 5.99. The number of nitrogen functional groups attached to an aromatic ring is 1. The number of benzene rings is 1. The van der Waals surface area contributed by atoms with Crippen LogP contribution in [-0.4, -0.2) is 11.9 Å². The third-order valence-corrected chi connectivity index (χ3v) is 4.05. The maximum atomic E-state index is 11.4. The van der Waals surface area contributed by atoms with Crippen molar-refractivity contribution >= 4 is 11.5 Å². The summed E-state index contributed by atoms with van der Waals surface area (Å²) in [5.41, 5.74) is 7.30. The summed E-state index contributed by atoms with van der Waals surface area (Å²) >= 11 is 0. The molecule has 0 aliphatic heterocycles. The van der Waals surface area contributed by atoms with E-state index in [1.807, 2.05) is 6.07 Å². The van der Waals surface area contributed by atoms with E-state index in [1.165, 1.54) is 13.3 Å². The van der Waals surface area contributed by atoms with Crippen LogP contribution in [0.4, 0.5) is 5.69 Å². The van der Waals surface area contributed by atoms with Gasteiger partial charge in [-0.2, -0.15) is 0 Å². The molecule has 0 aromatic heterocycles. The number of carbonyl (C=O) groups is 1. The van der Waals surface area contributed by atoms with E-state index in [1.54, 1.807) is 12.1 Å². The Kier molecular flexibility index (Phi) is 4.07. The number of carbonyl (C=O) groups excluding carboxylic acids is 1. The van der Waals surface area contributed by atoms with Crippen molar-refractivity contribution in [2.75, 3.05) is 5.73 Å². The van der Waals surface area contributed by atoms with Gasteiger partial charge in [-0.05, 0) is 49.7 Å². The van der Waals surface area contributed by atoms with Crippen LogP contribution in [0.25, 0.3) is 0 Å². The zero-order valence-corrected chi connectivity index (χ0v) is 12.9. The summed E-state index contributed by atoms with van der Waals surface area (Å²) in [6.07, 6.45) is 3.62. The monoisotopic (exact) mass is 275 g/mol. The number of nitrogens with two attached hydrogens (primary N) is 1. The molecule has 0 spiro atoms. The lowest BCUT2D eigenvalue weighted by molar-refractivity contribution is 0.0563. The van der Waals surface area contributed by atoms with E-state index in [-0.39, 0.29) is 11.9 Å². The average molecular weight is 275 g/mol. The molecule has 110 valence electrons. The molecule has 1 aromatic carbocycles. The van der Waals surface area contributed by atoms with Crippen molar-refractivity contribution in [2.24, 2.45) is 11.3 Å². The van der Waals surface area contributed by atoms with Crippen molar-refractivity contribution in [1.29, 1.82) is 0 Å². The van der Waals surface area contributed by atoms with Gasteiger partial charge in [0.05, 0.1) is 6.10 Å². The predicted octanol–water partition coefficient (Wildman–Crippen LogP) is 4.07. The van der Waals surface area contributed by atoms with E-state index in [2.05, 4.69) is 20.8 Å². The third-order valence-electron chi connectivity index (χ3n) is 4.05. The van der Waals surface area contributed by atoms with Crippen molar-refractivity contribution < 1.29 is 9.53 Å². The molecule has 2 unspecified atom stereocenters. The van der Waals surface area contributed by atoms with Gasteiger partial charge in [0.1, 0.15) is 5.75 Å². The first-order valence-electron chi connectivity index (χ1n) is 7.34. The molecule has 2 rings (SSSR count). The standard InChI is InChI=1S/C17H25NO2/c1-11-7-14(10-17(3,4)9-11)20-13-5-6-15(12(2)19)16(18)8-13/h5-6,8,11,14H,7,9-10,18H2,1-4H3. The number of ketones is 1. The molecule has 2 atom stereocenters.